The molecule has 0 N–H and O–H groups in total. The Hall–Kier alpha value is -2.97. The number of amides is 1. The Morgan fingerprint density at radius 3 is 2.58 bits per heavy atom. The maximum Gasteiger partial charge on any atom is 0.259 e. The van der Waals surface area contributed by atoms with Gasteiger partial charge < -0.3 is 14.2 Å². The molecule has 3 aromatic rings. The molecule has 0 radical (unpaired) electrons. The minimum Gasteiger partial charge on any atom is -0.378 e. The van der Waals surface area contributed by atoms with Gasteiger partial charge in [-0.2, -0.15) is 0 Å². The van der Waals surface area contributed by atoms with Crippen LogP contribution in [0.4, 0.5) is 8.78 Å². The minimum absolute atomic E-state index is 0.132. The number of benzene rings is 2. The molecule has 0 saturated carbocycles. The molecule has 2 aliphatic heterocycles. The summed E-state index contributed by atoms with van der Waals surface area (Å²) in [5.41, 5.74) is 2.56. The van der Waals surface area contributed by atoms with E-state index in [0.717, 1.165) is 16.6 Å². The molecule has 2 aromatic carbocycles. The molecule has 0 spiro atoms. The number of aromatic nitrogens is 1. The van der Waals surface area contributed by atoms with Crippen molar-refractivity contribution in [2.24, 2.45) is 0 Å². The highest BCUT2D eigenvalue weighted by molar-refractivity contribution is 7.99. The molecule has 1 atom stereocenters. The third kappa shape index (κ3) is 3.98. The van der Waals surface area contributed by atoms with Gasteiger partial charge in [0.15, 0.2) is 17.1 Å². The van der Waals surface area contributed by atoms with Crippen LogP contribution in [0.15, 0.2) is 58.2 Å². The number of pyridine rings is 1. The lowest BCUT2D eigenvalue weighted by Crippen LogP contribution is -2.43. The van der Waals surface area contributed by atoms with Crippen molar-refractivity contribution in [3.8, 4) is 5.69 Å². The zero-order valence-electron chi connectivity index (χ0n) is 18.0. The Balaban J connectivity index is 1.72. The van der Waals surface area contributed by atoms with Gasteiger partial charge in [0.05, 0.1) is 18.9 Å². The van der Waals surface area contributed by atoms with E-state index >= 15 is 0 Å². The van der Waals surface area contributed by atoms with Gasteiger partial charge in [-0.25, -0.2) is 8.78 Å². The largest absolute Gasteiger partial charge is 0.378 e. The number of thioether (sulfide) groups is 1. The lowest BCUT2D eigenvalue weighted by molar-refractivity contribution is 0.0300. The van der Waals surface area contributed by atoms with E-state index in [0.29, 0.717) is 49.7 Å². The van der Waals surface area contributed by atoms with E-state index < -0.39 is 11.6 Å². The van der Waals surface area contributed by atoms with Gasteiger partial charge in [0.2, 0.25) is 0 Å². The van der Waals surface area contributed by atoms with Gasteiger partial charge in [-0.05, 0) is 36.8 Å². The summed E-state index contributed by atoms with van der Waals surface area (Å²) < 4.78 is 35.0. The number of para-hydroxylation sites is 1. The van der Waals surface area contributed by atoms with Crippen LogP contribution in [0.2, 0.25) is 0 Å². The van der Waals surface area contributed by atoms with Crippen LogP contribution in [0.25, 0.3) is 5.69 Å². The molecular weight excluding hydrogens is 446 g/mol. The number of rotatable bonds is 2. The summed E-state index contributed by atoms with van der Waals surface area (Å²) in [7, 11) is 0. The zero-order chi connectivity index (χ0) is 23.1. The molecule has 1 aromatic heterocycles. The summed E-state index contributed by atoms with van der Waals surface area (Å²) in [5, 5.41) is -0.313. The average molecular weight is 469 g/mol. The van der Waals surface area contributed by atoms with Crippen LogP contribution in [0.3, 0.4) is 0 Å². The second-order valence-corrected chi connectivity index (χ2v) is 9.41. The SMILES string of the molecule is Cc1cc(=O)c(C(=O)N2CCOCC2)c2n1-c1ccccc1SC(c1ccc(F)c(F)c1)C2. The summed E-state index contributed by atoms with van der Waals surface area (Å²) in [6.45, 7) is 3.54. The number of hydrogen-bond donors (Lipinski definition) is 0. The number of fused-ring (bicyclic) bond motifs is 3. The molecule has 1 saturated heterocycles. The molecule has 0 bridgehead atoms. The molecule has 170 valence electrons. The first kappa shape index (κ1) is 21.9. The highest BCUT2D eigenvalue weighted by Gasteiger charge is 2.31. The maximum absolute atomic E-state index is 14.1. The van der Waals surface area contributed by atoms with Crippen molar-refractivity contribution in [2.75, 3.05) is 26.3 Å². The first-order chi connectivity index (χ1) is 15.9. The van der Waals surface area contributed by atoms with Crippen LogP contribution in [-0.2, 0) is 11.2 Å². The van der Waals surface area contributed by atoms with Gasteiger partial charge in [-0.1, -0.05) is 18.2 Å². The molecule has 5 nitrogen and oxygen atoms in total. The van der Waals surface area contributed by atoms with E-state index in [9.17, 15) is 18.4 Å². The number of halogens is 2. The van der Waals surface area contributed by atoms with Gasteiger partial charge in [-0.15, -0.1) is 11.8 Å². The second kappa shape index (κ2) is 8.76. The van der Waals surface area contributed by atoms with Gasteiger partial charge in [-0.3, -0.25) is 9.59 Å². The van der Waals surface area contributed by atoms with E-state index in [1.54, 1.807) is 11.0 Å². The zero-order valence-corrected chi connectivity index (χ0v) is 18.8. The molecule has 8 heteroatoms. The molecule has 1 fully saturated rings. The average Bonchev–Trinajstić information content (AvgIpc) is 2.98. The lowest BCUT2D eigenvalue weighted by Gasteiger charge is -2.28. The van der Waals surface area contributed by atoms with E-state index in [4.69, 9.17) is 4.74 Å². The molecular formula is C25H22F2N2O3S. The minimum atomic E-state index is -0.920. The normalized spacial score (nSPS) is 17.8. The Kier molecular flexibility index (Phi) is 5.80. The van der Waals surface area contributed by atoms with Crippen molar-refractivity contribution in [3.05, 3.63) is 92.9 Å². The van der Waals surface area contributed by atoms with Crippen LogP contribution < -0.4 is 5.43 Å². The third-order valence-electron chi connectivity index (χ3n) is 6.08. The van der Waals surface area contributed by atoms with Crippen molar-refractivity contribution in [3.63, 3.8) is 0 Å². The fourth-order valence-corrected chi connectivity index (χ4v) is 5.75. The summed E-state index contributed by atoms with van der Waals surface area (Å²) >= 11 is 1.52. The van der Waals surface area contributed by atoms with Crippen LogP contribution in [-0.4, -0.2) is 41.7 Å². The monoisotopic (exact) mass is 468 g/mol. The van der Waals surface area contributed by atoms with E-state index in [2.05, 4.69) is 0 Å². The summed E-state index contributed by atoms with van der Waals surface area (Å²) in [4.78, 5) is 29.2. The molecule has 3 heterocycles. The fourth-order valence-electron chi connectivity index (χ4n) is 4.49. The van der Waals surface area contributed by atoms with Crippen LogP contribution in [0.1, 0.15) is 32.6 Å². The topological polar surface area (TPSA) is 51.5 Å². The predicted octanol–water partition coefficient (Wildman–Crippen LogP) is 4.29. The smallest absolute Gasteiger partial charge is 0.259 e. The van der Waals surface area contributed by atoms with E-state index in [1.807, 2.05) is 35.8 Å². The predicted molar refractivity (Wildman–Crippen MR) is 122 cm³/mol. The van der Waals surface area contributed by atoms with Crippen molar-refractivity contribution in [1.29, 1.82) is 0 Å². The van der Waals surface area contributed by atoms with Gasteiger partial charge in [0.25, 0.3) is 5.91 Å². The number of morpholine rings is 1. The Labute approximate surface area is 194 Å². The van der Waals surface area contributed by atoms with E-state index in [-0.39, 0.29) is 22.1 Å². The third-order valence-corrected chi connectivity index (χ3v) is 7.40. The first-order valence-corrected chi connectivity index (χ1v) is 11.7. The molecule has 5 rings (SSSR count). The van der Waals surface area contributed by atoms with Gasteiger partial charge >= 0.3 is 0 Å². The number of nitrogens with zero attached hydrogens (tertiary/aromatic N) is 2. The van der Waals surface area contributed by atoms with Gasteiger partial charge in [0.1, 0.15) is 5.56 Å². The second-order valence-electron chi connectivity index (χ2n) is 8.16. The Morgan fingerprint density at radius 2 is 1.82 bits per heavy atom. The number of ether oxygens (including phenoxy) is 1. The van der Waals surface area contributed by atoms with Crippen LogP contribution >= 0.6 is 11.8 Å². The number of carbonyl (C=O) groups excluding carboxylic acids is 1. The highest BCUT2D eigenvalue weighted by Crippen LogP contribution is 2.44. The van der Waals surface area contributed by atoms with E-state index in [1.165, 1.54) is 23.9 Å². The number of carbonyl (C=O) groups is 1. The first-order valence-electron chi connectivity index (χ1n) is 10.8. The molecule has 0 aliphatic carbocycles. The van der Waals surface area contributed by atoms with Gasteiger partial charge in [0, 0.05) is 47.1 Å². The lowest BCUT2D eigenvalue weighted by atomic mass is 10.0. The standard InChI is InChI=1S/C25H22F2N2O3S/c1-15-12-21(30)24(25(31)28-8-10-32-11-9-28)20-14-23(16-6-7-17(26)18(27)13-16)33-22-5-3-2-4-19(22)29(15)20/h2-7,12-13,23H,8-11,14H2,1H3. The summed E-state index contributed by atoms with van der Waals surface area (Å²) in [6.07, 6.45) is 0.312. The fraction of sp³-hybridized carbons (Fsp3) is 0.280. The Morgan fingerprint density at radius 1 is 1.06 bits per heavy atom. The number of aryl methyl sites for hydroxylation is 1. The molecule has 33 heavy (non-hydrogen) atoms. The summed E-state index contributed by atoms with van der Waals surface area (Å²) in [6, 6.07) is 13.1. The molecule has 1 unspecified atom stereocenters. The molecule has 2 aliphatic rings. The number of hydrogen-bond acceptors (Lipinski definition) is 4. The summed E-state index contributed by atoms with van der Waals surface area (Å²) in [5.74, 6) is -2.15. The van der Waals surface area contributed by atoms with Crippen LogP contribution in [0, 0.1) is 18.6 Å². The quantitative estimate of drug-likeness (QED) is 0.563. The van der Waals surface area contributed by atoms with Crippen molar-refractivity contribution in [1.82, 2.24) is 9.47 Å². The van der Waals surface area contributed by atoms with Crippen molar-refractivity contribution < 1.29 is 18.3 Å². The Bertz CT molecular complexity index is 1300. The van der Waals surface area contributed by atoms with Crippen molar-refractivity contribution >= 4 is 17.7 Å². The maximum atomic E-state index is 14.1. The van der Waals surface area contributed by atoms with Crippen molar-refractivity contribution in [2.45, 2.75) is 23.5 Å². The molecule has 1 amide bonds. The van der Waals surface area contributed by atoms with Crippen LogP contribution in [0.5, 0.6) is 0 Å². The highest BCUT2D eigenvalue weighted by atomic mass is 32.2.